The normalized spacial score (nSPS) is 13.1. The first-order valence-electron chi connectivity index (χ1n) is 6.95. The van der Waals surface area contributed by atoms with Gasteiger partial charge >= 0.3 is 0 Å². The molecule has 0 aliphatic heterocycles. The molecule has 0 fully saturated rings. The van der Waals surface area contributed by atoms with Crippen LogP contribution in [-0.4, -0.2) is 5.11 Å². The third-order valence-electron chi connectivity index (χ3n) is 3.52. The zero-order valence-corrected chi connectivity index (χ0v) is 11.6. The van der Waals surface area contributed by atoms with E-state index in [0.717, 1.165) is 30.2 Å². The number of fused-ring (bicyclic) bond motifs is 1. The van der Waals surface area contributed by atoms with E-state index in [1.165, 1.54) is 6.07 Å². The molecule has 2 heteroatoms. The van der Waals surface area contributed by atoms with Crippen molar-refractivity contribution in [3.8, 4) is 0 Å². The van der Waals surface area contributed by atoms with Gasteiger partial charge in [-0.25, -0.2) is 4.39 Å². The molecule has 1 unspecified atom stereocenters. The zero-order chi connectivity index (χ0) is 13.8. The first-order chi connectivity index (χ1) is 9.09. The van der Waals surface area contributed by atoms with Crippen LogP contribution < -0.4 is 0 Å². The molecule has 0 bridgehead atoms. The molecule has 2 rings (SSSR count). The fraction of sp³-hybridized carbons (Fsp3) is 0.412. The predicted octanol–water partition coefficient (Wildman–Crippen LogP) is 4.84. The Labute approximate surface area is 114 Å². The van der Waals surface area contributed by atoms with Gasteiger partial charge in [0.25, 0.3) is 0 Å². The molecule has 0 saturated carbocycles. The number of halogens is 1. The highest BCUT2D eigenvalue weighted by Crippen LogP contribution is 2.29. The maximum Gasteiger partial charge on any atom is 0.131 e. The highest BCUT2D eigenvalue weighted by atomic mass is 19.1. The van der Waals surface area contributed by atoms with E-state index in [0.29, 0.717) is 11.3 Å². The summed E-state index contributed by atoms with van der Waals surface area (Å²) in [6, 6.07) is 10.5. The van der Waals surface area contributed by atoms with E-state index >= 15 is 0 Å². The monoisotopic (exact) mass is 260 g/mol. The summed E-state index contributed by atoms with van der Waals surface area (Å²) < 4.78 is 13.7. The van der Waals surface area contributed by atoms with Crippen LogP contribution in [0.1, 0.15) is 44.8 Å². The summed E-state index contributed by atoms with van der Waals surface area (Å²) in [6.07, 6.45) is 2.32. The van der Waals surface area contributed by atoms with Crippen LogP contribution in [0.15, 0.2) is 36.4 Å². The SMILES string of the molecule is CC(C)CCCC(O)c1ccc(F)c2ccccc12. The van der Waals surface area contributed by atoms with E-state index in [2.05, 4.69) is 13.8 Å². The van der Waals surface area contributed by atoms with Crippen LogP contribution in [0, 0.1) is 11.7 Å². The number of aliphatic hydroxyl groups is 1. The Hall–Kier alpha value is -1.41. The average molecular weight is 260 g/mol. The third kappa shape index (κ3) is 3.32. The van der Waals surface area contributed by atoms with Gasteiger partial charge in [-0.05, 0) is 29.4 Å². The quantitative estimate of drug-likeness (QED) is 0.815. The standard InChI is InChI=1S/C17H21FO/c1-12(2)6-5-9-17(19)15-10-11-16(18)14-8-4-3-7-13(14)15/h3-4,7-8,10-12,17,19H,5-6,9H2,1-2H3. The van der Waals surface area contributed by atoms with Gasteiger partial charge in [-0.2, -0.15) is 0 Å². The van der Waals surface area contributed by atoms with Gasteiger partial charge in [0.05, 0.1) is 6.10 Å². The maximum atomic E-state index is 13.7. The van der Waals surface area contributed by atoms with E-state index in [9.17, 15) is 9.50 Å². The molecule has 0 heterocycles. The molecule has 0 amide bonds. The highest BCUT2D eigenvalue weighted by Gasteiger charge is 2.13. The van der Waals surface area contributed by atoms with E-state index in [4.69, 9.17) is 0 Å². The summed E-state index contributed by atoms with van der Waals surface area (Å²) in [7, 11) is 0. The Morgan fingerprint density at radius 2 is 1.68 bits per heavy atom. The van der Waals surface area contributed by atoms with Gasteiger partial charge in [-0.15, -0.1) is 0 Å². The van der Waals surface area contributed by atoms with Gasteiger partial charge in [0, 0.05) is 5.39 Å². The van der Waals surface area contributed by atoms with Crippen LogP contribution in [0.3, 0.4) is 0 Å². The van der Waals surface area contributed by atoms with Crippen molar-refractivity contribution in [2.24, 2.45) is 5.92 Å². The lowest BCUT2D eigenvalue weighted by atomic mass is 9.95. The number of hydrogen-bond donors (Lipinski definition) is 1. The molecule has 0 spiro atoms. The third-order valence-corrected chi connectivity index (χ3v) is 3.52. The van der Waals surface area contributed by atoms with Crippen LogP contribution in [0.5, 0.6) is 0 Å². The first-order valence-corrected chi connectivity index (χ1v) is 6.95. The minimum Gasteiger partial charge on any atom is -0.388 e. The summed E-state index contributed by atoms with van der Waals surface area (Å²) in [5, 5.41) is 11.7. The van der Waals surface area contributed by atoms with Crippen molar-refractivity contribution < 1.29 is 9.50 Å². The van der Waals surface area contributed by atoms with Gasteiger partial charge in [0.2, 0.25) is 0 Å². The molecule has 1 atom stereocenters. The molecule has 102 valence electrons. The molecular weight excluding hydrogens is 239 g/mol. The lowest BCUT2D eigenvalue weighted by Gasteiger charge is -2.14. The van der Waals surface area contributed by atoms with Gasteiger partial charge in [-0.1, -0.05) is 57.0 Å². The molecule has 0 radical (unpaired) electrons. The van der Waals surface area contributed by atoms with E-state index in [1.807, 2.05) is 18.2 Å². The van der Waals surface area contributed by atoms with Crippen LogP contribution in [0.2, 0.25) is 0 Å². The average Bonchev–Trinajstić information content (AvgIpc) is 2.39. The Morgan fingerprint density at radius 1 is 1.00 bits per heavy atom. The van der Waals surface area contributed by atoms with Crippen molar-refractivity contribution in [1.82, 2.24) is 0 Å². The molecule has 1 N–H and O–H groups in total. The Kier molecular flexibility index (Phi) is 4.54. The van der Waals surface area contributed by atoms with E-state index < -0.39 is 6.10 Å². The minimum atomic E-state index is -0.510. The highest BCUT2D eigenvalue weighted by molar-refractivity contribution is 5.86. The molecule has 1 nitrogen and oxygen atoms in total. The van der Waals surface area contributed by atoms with Gasteiger partial charge in [0.15, 0.2) is 0 Å². The van der Waals surface area contributed by atoms with E-state index in [1.54, 1.807) is 12.1 Å². The van der Waals surface area contributed by atoms with Crippen molar-refractivity contribution in [2.75, 3.05) is 0 Å². The van der Waals surface area contributed by atoms with Gasteiger partial charge in [-0.3, -0.25) is 0 Å². The number of benzene rings is 2. The maximum absolute atomic E-state index is 13.7. The molecule has 19 heavy (non-hydrogen) atoms. The molecule has 2 aromatic carbocycles. The number of aliphatic hydroxyl groups excluding tert-OH is 1. The number of rotatable bonds is 5. The fourth-order valence-electron chi connectivity index (χ4n) is 2.45. The predicted molar refractivity (Wildman–Crippen MR) is 77.6 cm³/mol. The van der Waals surface area contributed by atoms with Crippen molar-refractivity contribution in [3.63, 3.8) is 0 Å². The van der Waals surface area contributed by atoms with Crippen LogP contribution in [0.25, 0.3) is 10.8 Å². The van der Waals surface area contributed by atoms with E-state index in [-0.39, 0.29) is 5.82 Å². The van der Waals surface area contributed by atoms with Crippen LogP contribution in [-0.2, 0) is 0 Å². The molecule has 2 aromatic rings. The topological polar surface area (TPSA) is 20.2 Å². The lowest BCUT2D eigenvalue weighted by Crippen LogP contribution is -2.00. The first kappa shape index (κ1) is 14.0. The minimum absolute atomic E-state index is 0.228. The van der Waals surface area contributed by atoms with Crippen molar-refractivity contribution in [1.29, 1.82) is 0 Å². The van der Waals surface area contributed by atoms with Crippen molar-refractivity contribution >= 4 is 10.8 Å². The van der Waals surface area contributed by atoms with Gasteiger partial charge < -0.3 is 5.11 Å². The molecule has 0 aromatic heterocycles. The van der Waals surface area contributed by atoms with Gasteiger partial charge in [0.1, 0.15) is 5.82 Å². The number of hydrogen-bond acceptors (Lipinski definition) is 1. The summed E-state index contributed by atoms with van der Waals surface area (Å²) in [5.41, 5.74) is 0.834. The molecule has 0 aliphatic rings. The lowest BCUT2D eigenvalue weighted by molar-refractivity contribution is 0.163. The molecule has 0 aliphatic carbocycles. The van der Waals surface area contributed by atoms with Crippen molar-refractivity contribution in [3.05, 3.63) is 47.8 Å². The Bertz CT molecular complexity index is 548. The molecule has 0 saturated heterocycles. The summed E-state index contributed by atoms with van der Waals surface area (Å²) in [5.74, 6) is 0.422. The molecular formula is C17H21FO. The largest absolute Gasteiger partial charge is 0.388 e. The second-order valence-corrected chi connectivity index (χ2v) is 5.52. The van der Waals surface area contributed by atoms with Crippen LogP contribution >= 0.6 is 0 Å². The smallest absolute Gasteiger partial charge is 0.131 e. The zero-order valence-electron chi connectivity index (χ0n) is 11.6. The Morgan fingerprint density at radius 3 is 2.37 bits per heavy atom. The second-order valence-electron chi connectivity index (χ2n) is 5.52. The van der Waals surface area contributed by atoms with Crippen molar-refractivity contribution in [2.45, 2.75) is 39.2 Å². The second kappa shape index (κ2) is 6.16. The summed E-state index contributed by atoms with van der Waals surface area (Å²) in [4.78, 5) is 0. The van der Waals surface area contributed by atoms with Crippen LogP contribution in [0.4, 0.5) is 4.39 Å². The Balaban J connectivity index is 2.22. The fourth-order valence-corrected chi connectivity index (χ4v) is 2.45. The summed E-state index contributed by atoms with van der Waals surface area (Å²) in [6.45, 7) is 4.36. The summed E-state index contributed by atoms with van der Waals surface area (Å²) >= 11 is 0.